The first kappa shape index (κ1) is 22.4. The summed E-state index contributed by atoms with van der Waals surface area (Å²) in [7, 11) is 0. The molecule has 8 aromatic rings. The molecule has 0 N–H and O–H groups in total. The van der Waals surface area contributed by atoms with Crippen molar-refractivity contribution >= 4 is 32.8 Å². The summed E-state index contributed by atoms with van der Waals surface area (Å²) >= 11 is 0. The maximum absolute atomic E-state index is 6.55. The molecular weight excluding hydrogens is 498 g/mol. The lowest BCUT2D eigenvalue weighted by Gasteiger charge is -2.25. The number of nitrogens with zero attached hydrogens (tertiary/aromatic N) is 1. The van der Waals surface area contributed by atoms with Crippen molar-refractivity contribution in [2.75, 3.05) is 0 Å². The number of para-hydroxylation sites is 2. The summed E-state index contributed by atoms with van der Waals surface area (Å²) in [6, 6.07) is 47.7. The quantitative estimate of drug-likeness (QED) is 0.215. The molecule has 2 aromatic heterocycles. The van der Waals surface area contributed by atoms with E-state index in [9.17, 15) is 0 Å². The molecule has 0 fully saturated rings. The minimum absolute atomic E-state index is 0.908. The van der Waals surface area contributed by atoms with Gasteiger partial charge in [-0.05, 0) is 56.6 Å². The van der Waals surface area contributed by atoms with Gasteiger partial charge in [-0.2, -0.15) is 0 Å². The fourth-order valence-electron chi connectivity index (χ4n) is 6.76. The molecule has 0 saturated carbocycles. The van der Waals surface area contributed by atoms with Crippen molar-refractivity contribution in [1.29, 1.82) is 0 Å². The molecule has 1 aliphatic carbocycles. The Labute approximate surface area is 237 Å². The van der Waals surface area contributed by atoms with E-state index in [1.165, 1.54) is 44.5 Å². The van der Waals surface area contributed by atoms with Crippen LogP contribution in [0.25, 0.3) is 88.5 Å². The second-order valence-electron chi connectivity index (χ2n) is 10.7. The van der Waals surface area contributed by atoms with Crippen LogP contribution in [-0.4, -0.2) is 4.98 Å². The van der Waals surface area contributed by atoms with Crippen LogP contribution in [0.1, 0.15) is 0 Å². The van der Waals surface area contributed by atoms with Crippen LogP contribution in [-0.2, 0) is 0 Å². The zero-order chi connectivity index (χ0) is 26.9. The van der Waals surface area contributed by atoms with Crippen LogP contribution in [0, 0.1) is 0 Å². The Bertz CT molecular complexity index is 2320. The van der Waals surface area contributed by atoms with Gasteiger partial charge in [0.05, 0.1) is 5.52 Å². The van der Waals surface area contributed by atoms with Gasteiger partial charge < -0.3 is 4.42 Å². The lowest BCUT2D eigenvalue weighted by molar-refractivity contribution is 0.670. The molecule has 2 heteroatoms. The summed E-state index contributed by atoms with van der Waals surface area (Å²) in [5, 5.41) is 3.41. The predicted octanol–water partition coefficient (Wildman–Crippen LogP) is 10.8. The number of aromatic nitrogens is 1. The van der Waals surface area contributed by atoms with Gasteiger partial charge in [-0.25, -0.2) is 0 Å². The Morgan fingerprint density at radius 1 is 0.390 bits per heavy atom. The van der Waals surface area contributed by atoms with E-state index in [4.69, 9.17) is 9.40 Å². The highest BCUT2D eigenvalue weighted by molar-refractivity contribution is 6.15. The molecule has 0 saturated heterocycles. The number of fused-ring (bicyclic) bond motifs is 13. The maximum Gasteiger partial charge on any atom is 0.143 e. The summed E-state index contributed by atoms with van der Waals surface area (Å²) < 4.78 is 6.55. The monoisotopic (exact) mass is 521 g/mol. The van der Waals surface area contributed by atoms with Gasteiger partial charge in [-0.3, -0.25) is 4.98 Å². The number of benzene rings is 6. The van der Waals surface area contributed by atoms with Crippen LogP contribution in [0.4, 0.5) is 0 Å². The average Bonchev–Trinajstić information content (AvgIpc) is 3.42. The molecule has 9 rings (SSSR count). The minimum atomic E-state index is 0.908. The third-order valence-corrected chi connectivity index (χ3v) is 8.51. The van der Waals surface area contributed by atoms with E-state index < -0.39 is 0 Å². The van der Waals surface area contributed by atoms with Gasteiger partial charge in [0.2, 0.25) is 0 Å². The molecule has 1 aliphatic rings. The number of hydrogen-bond acceptors (Lipinski definition) is 2. The molecule has 190 valence electrons. The summed E-state index contributed by atoms with van der Waals surface area (Å²) in [5.74, 6) is 0. The smallest absolute Gasteiger partial charge is 0.143 e. The van der Waals surface area contributed by atoms with Gasteiger partial charge in [0.25, 0.3) is 0 Å². The van der Waals surface area contributed by atoms with Crippen molar-refractivity contribution < 1.29 is 4.42 Å². The van der Waals surface area contributed by atoms with Crippen LogP contribution < -0.4 is 0 Å². The zero-order valence-electron chi connectivity index (χ0n) is 22.1. The van der Waals surface area contributed by atoms with Gasteiger partial charge in [0.1, 0.15) is 11.2 Å². The summed E-state index contributed by atoms with van der Waals surface area (Å²) in [4.78, 5) is 4.93. The van der Waals surface area contributed by atoms with Crippen LogP contribution >= 0.6 is 0 Å². The second kappa shape index (κ2) is 8.51. The Morgan fingerprint density at radius 2 is 0.976 bits per heavy atom. The molecule has 0 atom stereocenters. The van der Waals surface area contributed by atoms with Crippen molar-refractivity contribution in [2.45, 2.75) is 0 Å². The summed E-state index contributed by atoms with van der Waals surface area (Å²) in [6.07, 6.45) is 1.90. The highest BCUT2D eigenvalue weighted by Gasteiger charge is 2.26. The standard InChI is InChI=1S/C39H23NO/c1-3-14-28-25(11-1)26-12-2-4-15-29(26)37-32(22-21-24-10-9-23-40-38(24)37)30-16-7-17-31(36(28)30)34-19-8-18-33-27-13-5-6-20-35(27)41-39(33)34/h1-23H. The SMILES string of the molecule is c1ccc2c(c1)-c1ccccc1-c1c(ccc3cccnc13)-c1cccc(-c3cccc4c3oc3ccccc34)c1-2. The molecule has 2 heterocycles. The summed E-state index contributed by atoms with van der Waals surface area (Å²) in [6.45, 7) is 0. The molecule has 2 nitrogen and oxygen atoms in total. The molecule has 0 aliphatic heterocycles. The predicted molar refractivity (Wildman–Crippen MR) is 170 cm³/mol. The summed E-state index contributed by atoms with van der Waals surface area (Å²) in [5.41, 5.74) is 14.7. The van der Waals surface area contributed by atoms with Crippen LogP contribution in [0.2, 0.25) is 0 Å². The number of furan rings is 1. The lowest BCUT2D eigenvalue weighted by atomic mass is 9.78. The van der Waals surface area contributed by atoms with E-state index in [1.54, 1.807) is 0 Å². The molecule has 6 aromatic carbocycles. The van der Waals surface area contributed by atoms with Gasteiger partial charge in [-0.1, -0.05) is 121 Å². The zero-order valence-corrected chi connectivity index (χ0v) is 22.1. The molecular formula is C39H23NO. The van der Waals surface area contributed by atoms with E-state index in [0.717, 1.165) is 44.0 Å². The van der Waals surface area contributed by atoms with E-state index >= 15 is 0 Å². The number of pyridine rings is 1. The first-order chi connectivity index (χ1) is 20.4. The minimum Gasteiger partial charge on any atom is -0.455 e. The van der Waals surface area contributed by atoms with Crippen molar-refractivity contribution in [3.63, 3.8) is 0 Å². The largest absolute Gasteiger partial charge is 0.455 e. The molecule has 0 radical (unpaired) electrons. The molecule has 0 spiro atoms. The fourth-order valence-corrected chi connectivity index (χ4v) is 6.76. The van der Waals surface area contributed by atoms with Gasteiger partial charge in [-0.15, -0.1) is 0 Å². The van der Waals surface area contributed by atoms with Crippen LogP contribution in [0.15, 0.2) is 144 Å². The number of rotatable bonds is 1. The van der Waals surface area contributed by atoms with Crippen LogP contribution in [0.3, 0.4) is 0 Å². The Hall–Kier alpha value is -5.47. The second-order valence-corrected chi connectivity index (χ2v) is 10.7. The van der Waals surface area contributed by atoms with Gasteiger partial charge in [0.15, 0.2) is 0 Å². The highest BCUT2D eigenvalue weighted by atomic mass is 16.3. The van der Waals surface area contributed by atoms with E-state index in [2.05, 4.69) is 121 Å². The third kappa shape index (κ3) is 3.16. The van der Waals surface area contributed by atoms with E-state index in [0.29, 0.717) is 0 Å². The first-order valence-electron chi connectivity index (χ1n) is 14.0. The highest BCUT2D eigenvalue weighted by Crippen LogP contribution is 2.52. The van der Waals surface area contributed by atoms with E-state index in [-0.39, 0.29) is 0 Å². The topological polar surface area (TPSA) is 26.0 Å². The van der Waals surface area contributed by atoms with E-state index in [1.807, 2.05) is 18.3 Å². The maximum atomic E-state index is 6.55. The van der Waals surface area contributed by atoms with Crippen LogP contribution in [0.5, 0.6) is 0 Å². The number of hydrogen-bond donors (Lipinski definition) is 0. The Balaban J connectivity index is 1.47. The first-order valence-corrected chi connectivity index (χ1v) is 14.0. The normalized spacial score (nSPS) is 11.9. The van der Waals surface area contributed by atoms with Crippen molar-refractivity contribution in [3.05, 3.63) is 140 Å². The van der Waals surface area contributed by atoms with Crippen molar-refractivity contribution in [3.8, 4) is 55.6 Å². The Morgan fingerprint density at radius 3 is 1.80 bits per heavy atom. The molecule has 0 bridgehead atoms. The van der Waals surface area contributed by atoms with Crippen molar-refractivity contribution in [1.82, 2.24) is 4.98 Å². The lowest BCUT2D eigenvalue weighted by Crippen LogP contribution is -2.00. The van der Waals surface area contributed by atoms with Gasteiger partial charge >= 0.3 is 0 Å². The molecule has 41 heavy (non-hydrogen) atoms. The third-order valence-electron chi connectivity index (χ3n) is 8.51. The Kier molecular flexibility index (Phi) is 4.64. The average molecular weight is 522 g/mol. The van der Waals surface area contributed by atoms with Crippen molar-refractivity contribution in [2.24, 2.45) is 0 Å². The molecule has 0 unspecified atom stereocenters. The van der Waals surface area contributed by atoms with Gasteiger partial charge in [0, 0.05) is 33.5 Å². The molecule has 0 amide bonds. The fraction of sp³-hybridized carbons (Fsp3) is 0.